The summed E-state index contributed by atoms with van der Waals surface area (Å²) in [5.41, 5.74) is 1.40. The first kappa shape index (κ1) is 13.7. The molecule has 0 aromatic carbocycles. The lowest BCUT2D eigenvalue weighted by Crippen LogP contribution is -2.40. The van der Waals surface area contributed by atoms with Crippen LogP contribution in [0.4, 0.5) is 0 Å². The van der Waals surface area contributed by atoms with Crippen LogP contribution < -0.4 is 5.32 Å². The van der Waals surface area contributed by atoms with Gasteiger partial charge in [0.25, 0.3) is 0 Å². The van der Waals surface area contributed by atoms with Gasteiger partial charge < -0.3 is 10.2 Å². The number of hydrogen-bond acceptors (Lipinski definition) is 2. The molecular weight excluding hydrogens is 196 g/mol. The third kappa shape index (κ3) is 3.60. The summed E-state index contributed by atoms with van der Waals surface area (Å²) in [7, 11) is 2.27. The minimum atomic E-state index is 0.556. The van der Waals surface area contributed by atoms with Crippen LogP contribution in [0.2, 0.25) is 0 Å². The molecule has 1 saturated heterocycles. The highest BCUT2D eigenvalue weighted by Gasteiger charge is 2.24. The second-order valence-electron chi connectivity index (χ2n) is 4.79. The van der Waals surface area contributed by atoms with E-state index in [1.807, 2.05) is 13.8 Å². The number of nitrogens with zero attached hydrogens (tertiary/aromatic N) is 1. The first-order valence-electron chi connectivity index (χ1n) is 6.88. The van der Waals surface area contributed by atoms with Gasteiger partial charge in [0.2, 0.25) is 0 Å². The molecule has 1 atom stereocenters. The summed E-state index contributed by atoms with van der Waals surface area (Å²) in [4.78, 5) is 2.53. The van der Waals surface area contributed by atoms with Crippen molar-refractivity contribution in [2.45, 2.75) is 58.0 Å². The molecule has 94 valence electrons. The van der Waals surface area contributed by atoms with Gasteiger partial charge in [0, 0.05) is 18.6 Å². The largest absolute Gasteiger partial charge is 0.309 e. The molecule has 16 heavy (non-hydrogen) atoms. The molecule has 0 radical (unpaired) electrons. The molecule has 0 amide bonds. The summed E-state index contributed by atoms with van der Waals surface area (Å²) in [5, 5.41) is 3.52. The smallest absolute Gasteiger partial charge is 0.0406 e. The molecule has 0 spiro atoms. The fourth-order valence-electron chi connectivity index (χ4n) is 2.70. The minimum absolute atomic E-state index is 0.556. The summed E-state index contributed by atoms with van der Waals surface area (Å²) < 4.78 is 0. The highest BCUT2D eigenvalue weighted by molar-refractivity contribution is 5.12. The van der Waals surface area contributed by atoms with Crippen LogP contribution in [0.1, 0.15) is 46.0 Å². The lowest BCUT2D eigenvalue weighted by Gasteiger charge is -2.27. The van der Waals surface area contributed by atoms with Gasteiger partial charge in [-0.15, -0.1) is 0 Å². The van der Waals surface area contributed by atoms with Crippen LogP contribution in [0.3, 0.4) is 0 Å². The van der Waals surface area contributed by atoms with Crippen molar-refractivity contribution in [1.29, 1.82) is 0 Å². The number of nitrogens with one attached hydrogen (secondary N) is 1. The van der Waals surface area contributed by atoms with Gasteiger partial charge >= 0.3 is 0 Å². The van der Waals surface area contributed by atoms with Crippen molar-refractivity contribution in [3.05, 3.63) is 12.2 Å². The van der Waals surface area contributed by atoms with Crippen molar-refractivity contribution in [2.24, 2.45) is 0 Å². The molecule has 0 aromatic heterocycles. The quantitative estimate of drug-likeness (QED) is 0.742. The molecule has 1 aliphatic carbocycles. The Morgan fingerprint density at radius 3 is 2.44 bits per heavy atom. The van der Waals surface area contributed by atoms with Crippen molar-refractivity contribution in [3.63, 3.8) is 0 Å². The minimum Gasteiger partial charge on any atom is -0.309 e. The Morgan fingerprint density at radius 2 is 1.94 bits per heavy atom. The lowest BCUT2D eigenvalue weighted by atomic mass is 10.1. The number of likely N-dealkylation sites (N-methyl/N-ethyl adjacent to an activating group) is 1. The standard InChI is InChI=1S/C12H22N2.C2H6/c1-10-7-8-13-12(10)9-14(2)11-5-3-4-6-11;1-2/h11-13H,1,3-9H2,2H3;1-2H3. The zero-order valence-electron chi connectivity index (χ0n) is 11.3. The molecule has 2 heteroatoms. The molecule has 1 aliphatic heterocycles. The van der Waals surface area contributed by atoms with E-state index in [9.17, 15) is 0 Å². The van der Waals surface area contributed by atoms with Crippen molar-refractivity contribution in [2.75, 3.05) is 20.1 Å². The van der Waals surface area contributed by atoms with Gasteiger partial charge in [0.1, 0.15) is 0 Å². The Balaban J connectivity index is 0.000000606. The van der Waals surface area contributed by atoms with E-state index in [1.54, 1.807) is 0 Å². The van der Waals surface area contributed by atoms with E-state index in [0.717, 1.165) is 19.1 Å². The summed E-state index contributed by atoms with van der Waals surface area (Å²) in [6.07, 6.45) is 6.82. The van der Waals surface area contributed by atoms with E-state index in [1.165, 1.54) is 37.7 Å². The fourth-order valence-corrected chi connectivity index (χ4v) is 2.70. The van der Waals surface area contributed by atoms with E-state index < -0.39 is 0 Å². The Hall–Kier alpha value is -0.340. The average molecular weight is 224 g/mol. The predicted octanol–water partition coefficient (Wildman–Crippen LogP) is 2.81. The van der Waals surface area contributed by atoms with Crippen molar-refractivity contribution >= 4 is 0 Å². The molecule has 2 aliphatic rings. The Morgan fingerprint density at radius 1 is 1.31 bits per heavy atom. The van der Waals surface area contributed by atoms with E-state index in [-0.39, 0.29) is 0 Å². The van der Waals surface area contributed by atoms with Gasteiger partial charge in [-0.05, 0) is 32.9 Å². The Kier molecular flexibility index (Phi) is 6.07. The van der Waals surface area contributed by atoms with E-state index >= 15 is 0 Å². The maximum absolute atomic E-state index is 4.13. The molecule has 1 N–H and O–H groups in total. The van der Waals surface area contributed by atoms with E-state index in [4.69, 9.17) is 0 Å². The maximum atomic E-state index is 4.13. The summed E-state index contributed by atoms with van der Waals surface area (Å²) in [5.74, 6) is 0. The van der Waals surface area contributed by atoms with Crippen molar-refractivity contribution in [3.8, 4) is 0 Å². The highest BCUT2D eigenvalue weighted by Crippen LogP contribution is 2.23. The van der Waals surface area contributed by atoms with Gasteiger partial charge in [-0.3, -0.25) is 0 Å². The van der Waals surface area contributed by atoms with E-state index in [2.05, 4.69) is 23.8 Å². The number of rotatable bonds is 3. The summed E-state index contributed by atoms with van der Waals surface area (Å²) in [6, 6.07) is 1.39. The van der Waals surface area contributed by atoms with Crippen molar-refractivity contribution in [1.82, 2.24) is 10.2 Å². The molecule has 0 bridgehead atoms. The maximum Gasteiger partial charge on any atom is 0.0406 e. The summed E-state index contributed by atoms with van der Waals surface area (Å²) in [6.45, 7) is 10.4. The van der Waals surface area contributed by atoms with Crippen LogP contribution in [0, 0.1) is 0 Å². The molecule has 1 heterocycles. The normalized spacial score (nSPS) is 26.0. The van der Waals surface area contributed by atoms with Gasteiger partial charge in [0.15, 0.2) is 0 Å². The number of hydrogen-bond donors (Lipinski definition) is 1. The van der Waals surface area contributed by atoms with Gasteiger partial charge in [-0.25, -0.2) is 0 Å². The third-order valence-corrected chi connectivity index (χ3v) is 3.75. The molecule has 0 aromatic rings. The Bertz CT molecular complexity index is 207. The zero-order valence-corrected chi connectivity index (χ0v) is 11.3. The van der Waals surface area contributed by atoms with Crippen LogP contribution >= 0.6 is 0 Å². The molecule has 1 saturated carbocycles. The van der Waals surface area contributed by atoms with Gasteiger partial charge in [-0.2, -0.15) is 0 Å². The first-order chi connectivity index (χ1) is 7.77. The predicted molar refractivity (Wildman–Crippen MR) is 71.8 cm³/mol. The molecule has 1 unspecified atom stereocenters. The molecule has 2 fully saturated rings. The SMILES string of the molecule is C=C1CCNC1CN(C)C1CCCC1.CC. The van der Waals surface area contributed by atoms with Crippen LogP contribution in [-0.4, -0.2) is 37.1 Å². The van der Waals surface area contributed by atoms with Crippen LogP contribution in [0.15, 0.2) is 12.2 Å². The molecular formula is C14H28N2. The fraction of sp³-hybridized carbons (Fsp3) is 0.857. The third-order valence-electron chi connectivity index (χ3n) is 3.75. The zero-order chi connectivity index (χ0) is 12.0. The first-order valence-corrected chi connectivity index (χ1v) is 6.88. The highest BCUT2D eigenvalue weighted by atomic mass is 15.2. The lowest BCUT2D eigenvalue weighted by molar-refractivity contribution is 0.233. The van der Waals surface area contributed by atoms with E-state index in [0.29, 0.717) is 6.04 Å². The topological polar surface area (TPSA) is 15.3 Å². The molecule has 2 rings (SSSR count). The van der Waals surface area contributed by atoms with Gasteiger partial charge in [-0.1, -0.05) is 38.8 Å². The van der Waals surface area contributed by atoms with Crippen LogP contribution in [-0.2, 0) is 0 Å². The Labute approximate surface area is 101 Å². The molecule has 2 nitrogen and oxygen atoms in total. The average Bonchev–Trinajstić information content (AvgIpc) is 2.94. The second kappa shape index (κ2) is 7.08. The second-order valence-corrected chi connectivity index (χ2v) is 4.79. The van der Waals surface area contributed by atoms with Crippen LogP contribution in [0.5, 0.6) is 0 Å². The van der Waals surface area contributed by atoms with Crippen molar-refractivity contribution < 1.29 is 0 Å². The van der Waals surface area contributed by atoms with Crippen LogP contribution in [0.25, 0.3) is 0 Å². The monoisotopic (exact) mass is 224 g/mol. The summed E-state index contributed by atoms with van der Waals surface area (Å²) >= 11 is 0. The van der Waals surface area contributed by atoms with Gasteiger partial charge in [0.05, 0.1) is 0 Å².